The van der Waals surface area contributed by atoms with Crippen molar-refractivity contribution in [3.8, 4) is 0 Å². The molecule has 2 aliphatic heterocycles. The molecule has 0 aliphatic carbocycles. The Morgan fingerprint density at radius 1 is 1.19 bits per heavy atom. The van der Waals surface area contributed by atoms with E-state index in [2.05, 4.69) is 24.4 Å². The van der Waals surface area contributed by atoms with Gasteiger partial charge in [-0.2, -0.15) is 0 Å². The molecule has 0 saturated carbocycles. The van der Waals surface area contributed by atoms with Crippen molar-refractivity contribution in [3.05, 3.63) is 29.8 Å². The number of nitrogens with zero attached hydrogens (tertiary/aromatic N) is 2. The lowest BCUT2D eigenvalue weighted by molar-refractivity contribution is -0.137. The van der Waals surface area contributed by atoms with Crippen LogP contribution < -0.4 is 10.2 Å². The molecule has 27 heavy (non-hydrogen) atoms. The Balaban J connectivity index is 0.00000261. The van der Waals surface area contributed by atoms with Crippen molar-refractivity contribution < 1.29 is 9.59 Å². The second-order valence-electron chi connectivity index (χ2n) is 7.59. The van der Waals surface area contributed by atoms with Crippen LogP contribution in [0, 0.1) is 11.8 Å². The molecule has 2 fully saturated rings. The van der Waals surface area contributed by atoms with Gasteiger partial charge in [0.05, 0.1) is 5.92 Å². The topological polar surface area (TPSA) is 52.7 Å². The van der Waals surface area contributed by atoms with Gasteiger partial charge in [0.1, 0.15) is 0 Å². The largest absolute Gasteiger partial charge is 0.342 e. The highest BCUT2D eigenvalue weighted by atomic mass is 35.5. The quantitative estimate of drug-likeness (QED) is 0.808. The summed E-state index contributed by atoms with van der Waals surface area (Å²) in [6.45, 7) is 5.35. The van der Waals surface area contributed by atoms with Crippen LogP contribution >= 0.6 is 12.4 Å². The van der Waals surface area contributed by atoms with E-state index in [-0.39, 0.29) is 30.1 Å². The van der Waals surface area contributed by atoms with Crippen LogP contribution in [-0.4, -0.2) is 49.9 Å². The maximum absolute atomic E-state index is 12.9. The van der Waals surface area contributed by atoms with Crippen LogP contribution in [0.2, 0.25) is 0 Å². The van der Waals surface area contributed by atoms with Gasteiger partial charge in [0, 0.05) is 31.7 Å². The normalized spacial score (nSPS) is 20.7. The lowest BCUT2D eigenvalue weighted by Gasteiger charge is -2.33. The SMILES string of the molecule is CCc1ccc(N2CC(C(=O)N3CCC(CCNC)CC3)CC2=O)cc1.Cl. The zero-order valence-electron chi connectivity index (χ0n) is 16.4. The van der Waals surface area contributed by atoms with E-state index in [9.17, 15) is 9.59 Å². The number of hydrogen-bond donors (Lipinski definition) is 1. The minimum absolute atomic E-state index is 0. The number of piperidine rings is 1. The first kappa shape index (κ1) is 21.7. The number of rotatable bonds is 6. The minimum atomic E-state index is -0.192. The van der Waals surface area contributed by atoms with Crippen molar-refractivity contribution in [2.45, 2.75) is 39.0 Å². The molecule has 1 aromatic rings. The van der Waals surface area contributed by atoms with E-state index in [0.717, 1.165) is 44.6 Å². The summed E-state index contributed by atoms with van der Waals surface area (Å²) >= 11 is 0. The highest BCUT2D eigenvalue weighted by Gasteiger charge is 2.38. The van der Waals surface area contributed by atoms with Gasteiger partial charge in [0.15, 0.2) is 0 Å². The molecule has 1 aromatic carbocycles. The van der Waals surface area contributed by atoms with Crippen molar-refractivity contribution in [1.82, 2.24) is 10.2 Å². The van der Waals surface area contributed by atoms with Gasteiger partial charge in [0.2, 0.25) is 11.8 Å². The molecular formula is C21H32ClN3O2. The Labute approximate surface area is 168 Å². The van der Waals surface area contributed by atoms with Gasteiger partial charge >= 0.3 is 0 Å². The molecule has 6 heteroatoms. The number of nitrogens with one attached hydrogen (secondary N) is 1. The first-order valence-electron chi connectivity index (χ1n) is 9.95. The third-order valence-electron chi connectivity index (χ3n) is 5.86. The second-order valence-corrected chi connectivity index (χ2v) is 7.59. The molecule has 5 nitrogen and oxygen atoms in total. The molecule has 150 valence electrons. The molecule has 0 bridgehead atoms. The van der Waals surface area contributed by atoms with E-state index in [1.807, 2.05) is 24.1 Å². The summed E-state index contributed by atoms with van der Waals surface area (Å²) in [6, 6.07) is 8.12. The molecule has 1 atom stereocenters. The van der Waals surface area contributed by atoms with E-state index in [1.165, 1.54) is 12.0 Å². The Hall–Kier alpha value is -1.59. The Morgan fingerprint density at radius 2 is 1.85 bits per heavy atom. The number of aryl methyl sites for hydroxylation is 1. The first-order valence-corrected chi connectivity index (χ1v) is 9.95. The van der Waals surface area contributed by atoms with Crippen molar-refractivity contribution in [2.24, 2.45) is 11.8 Å². The molecule has 1 N–H and O–H groups in total. The second kappa shape index (κ2) is 10.1. The predicted molar refractivity (Wildman–Crippen MR) is 111 cm³/mol. The molecule has 2 heterocycles. The average molecular weight is 394 g/mol. The summed E-state index contributed by atoms with van der Waals surface area (Å²) in [5.74, 6) is 0.752. The van der Waals surface area contributed by atoms with Crippen molar-refractivity contribution in [1.29, 1.82) is 0 Å². The zero-order valence-corrected chi connectivity index (χ0v) is 17.3. The number of amides is 2. The maximum Gasteiger partial charge on any atom is 0.228 e. The third-order valence-corrected chi connectivity index (χ3v) is 5.86. The van der Waals surface area contributed by atoms with E-state index < -0.39 is 0 Å². The van der Waals surface area contributed by atoms with E-state index in [4.69, 9.17) is 0 Å². The number of carbonyl (C=O) groups is 2. The Kier molecular flexibility index (Phi) is 8.11. The molecule has 0 aromatic heterocycles. The van der Waals surface area contributed by atoms with Gasteiger partial charge in [-0.25, -0.2) is 0 Å². The molecule has 3 rings (SSSR count). The average Bonchev–Trinajstić information content (AvgIpc) is 3.08. The highest BCUT2D eigenvalue weighted by molar-refractivity contribution is 6.00. The summed E-state index contributed by atoms with van der Waals surface area (Å²) < 4.78 is 0. The lowest BCUT2D eigenvalue weighted by atomic mass is 9.92. The smallest absolute Gasteiger partial charge is 0.228 e. The molecule has 1 unspecified atom stereocenters. The Bertz CT molecular complexity index is 627. The molecule has 2 saturated heterocycles. The number of carbonyl (C=O) groups excluding carboxylic acids is 2. The van der Waals surface area contributed by atoms with Gasteiger partial charge in [-0.3, -0.25) is 9.59 Å². The van der Waals surface area contributed by atoms with Crippen LogP contribution in [0.25, 0.3) is 0 Å². The summed E-state index contributed by atoms with van der Waals surface area (Å²) in [5.41, 5.74) is 2.17. The molecule has 0 radical (unpaired) electrons. The van der Waals surface area contributed by atoms with Crippen molar-refractivity contribution in [3.63, 3.8) is 0 Å². The number of halogens is 1. The predicted octanol–water partition coefficient (Wildman–Crippen LogP) is 2.87. The Morgan fingerprint density at radius 3 is 2.44 bits per heavy atom. The third kappa shape index (κ3) is 5.23. The van der Waals surface area contributed by atoms with Crippen LogP contribution in [-0.2, 0) is 16.0 Å². The number of benzene rings is 1. The maximum atomic E-state index is 12.9. The van der Waals surface area contributed by atoms with Gasteiger partial charge < -0.3 is 15.1 Å². The molecule has 2 amide bonds. The number of anilines is 1. The van der Waals surface area contributed by atoms with E-state index in [1.54, 1.807) is 4.90 Å². The van der Waals surface area contributed by atoms with Gasteiger partial charge in [-0.1, -0.05) is 19.1 Å². The fraction of sp³-hybridized carbons (Fsp3) is 0.619. The lowest BCUT2D eigenvalue weighted by Crippen LogP contribution is -2.42. The summed E-state index contributed by atoms with van der Waals surface area (Å²) in [6.07, 6.45) is 4.67. The van der Waals surface area contributed by atoms with Crippen LogP contribution in [0.15, 0.2) is 24.3 Å². The van der Waals surface area contributed by atoms with E-state index >= 15 is 0 Å². The summed E-state index contributed by atoms with van der Waals surface area (Å²) in [4.78, 5) is 29.1. The highest BCUT2D eigenvalue weighted by Crippen LogP contribution is 2.28. The van der Waals surface area contributed by atoms with Gasteiger partial charge in [-0.05, 0) is 62.9 Å². The minimum Gasteiger partial charge on any atom is -0.342 e. The van der Waals surface area contributed by atoms with Crippen molar-refractivity contribution in [2.75, 3.05) is 38.1 Å². The van der Waals surface area contributed by atoms with Gasteiger partial charge in [-0.15, -0.1) is 12.4 Å². The summed E-state index contributed by atoms with van der Waals surface area (Å²) in [5, 5.41) is 3.20. The number of hydrogen-bond acceptors (Lipinski definition) is 3. The fourth-order valence-electron chi connectivity index (χ4n) is 4.08. The summed E-state index contributed by atoms with van der Waals surface area (Å²) in [7, 11) is 1.98. The van der Waals surface area contributed by atoms with Crippen LogP contribution in [0.1, 0.15) is 38.2 Å². The molecule has 2 aliphatic rings. The molecular weight excluding hydrogens is 362 g/mol. The van der Waals surface area contributed by atoms with Crippen LogP contribution in [0.3, 0.4) is 0 Å². The zero-order chi connectivity index (χ0) is 18.5. The van der Waals surface area contributed by atoms with E-state index in [0.29, 0.717) is 18.9 Å². The standard InChI is InChI=1S/C21H31N3O2.ClH/c1-3-16-4-6-19(7-5-16)24-15-18(14-20(24)25)21(26)23-12-9-17(10-13-23)8-11-22-2;/h4-7,17-18,22H,3,8-15H2,1-2H3;1H. The van der Waals surface area contributed by atoms with Crippen LogP contribution in [0.5, 0.6) is 0 Å². The number of likely N-dealkylation sites (tertiary alicyclic amines) is 1. The molecule has 0 spiro atoms. The van der Waals surface area contributed by atoms with Gasteiger partial charge in [0.25, 0.3) is 0 Å². The van der Waals surface area contributed by atoms with Crippen molar-refractivity contribution >= 4 is 29.9 Å². The van der Waals surface area contributed by atoms with Crippen LogP contribution in [0.4, 0.5) is 5.69 Å². The fourth-order valence-corrected chi connectivity index (χ4v) is 4.08. The monoisotopic (exact) mass is 393 g/mol. The first-order chi connectivity index (χ1) is 12.6.